The quantitative estimate of drug-likeness (QED) is 0.253. The second kappa shape index (κ2) is 11.6. The van der Waals surface area contributed by atoms with E-state index >= 15 is 0 Å². The molecule has 0 spiro atoms. The van der Waals surface area contributed by atoms with Crippen LogP contribution in [-0.2, 0) is 11.2 Å². The number of carbonyl (C=O) groups excluding carboxylic acids is 2. The smallest absolute Gasteiger partial charge is 0.255 e. The highest BCUT2D eigenvalue weighted by Crippen LogP contribution is 2.41. The van der Waals surface area contributed by atoms with Gasteiger partial charge in [0.1, 0.15) is 5.54 Å². The van der Waals surface area contributed by atoms with Gasteiger partial charge >= 0.3 is 0 Å². The van der Waals surface area contributed by atoms with Gasteiger partial charge in [-0.3, -0.25) is 14.6 Å². The van der Waals surface area contributed by atoms with Crippen LogP contribution in [-0.4, -0.2) is 66.5 Å². The summed E-state index contributed by atoms with van der Waals surface area (Å²) in [5.41, 5.74) is 3.70. The maximum atomic E-state index is 13.0. The number of pyridine rings is 1. The van der Waals surface area contributed by atoms with Gasteiger partial charge in [-0.1, -0.05) is 36.1 Å². The number of aromatic amines is 1. The van der Waals surface area contributed by atoms with Crippen molar-refractivity contribution in [1.82, 2.24) is 25.5 Å². The van der Waals surface area contributed by atoms with Crippen LogP contribution >= 0.6 is 11.6 Å². The van der Waals surface area contributed by atoms with Crippen molar-refractivity contribution in [2.45, 2.75) is 18.9 Å². The van der Waals surface area contributed by atoms with Crippen molar-refractivity contribution >= 4 is 34.8 Å². The predicted molar refractivity (Wildman–Crippen MR) is 154 cm³/mol. The van der Waals surface area contributed by atoms with E-state index in [1.807, 2.05) is 38.1 Å². The average Bonchev–Trinajstić information content (AvgIpc) is 3.26. The zero-order valence-electron chi connectivity index (χ0n) is 22.4. The molecule has 10 heteroatoms. The number of carbonyl (C=O) groups is 2. The lowest BCUT2D eigenvalue weighted by Crippen LogP contribution is -2.51. The number of anilines is 2. The largest absolute Gasteiger partial charge is 0.493 e. The van der Waals surface area contributed by atoms with Gasteiger partial charge in [0, 0.05) is 43.2 Å². The highest BCUT2D eigenvalue weighted by molar-refractivity contribution is 6.32. The van der Waals surface area contributed by atoms with Gasteiger partial charge in [0.25, 0.3) is 5.91 Å². The third-order valence-electron chi connectivity index (χ3n) is 6.18. The number of nitrogens with zero attached hydrogens (tertiary/aromatic N) is 2. The Bertz CT molecular complexity index is 1490. The van der Waals surface area contributed by atoms with Crippen LogP contribution in [0, 0.1) is 11.8 Å². The number of hydrogen-bond donors (Lipinski definition) is 4. The molecule has 0 radical (unpaired) electrons. The average molecular weight is 547 g/mol. The summed E-state index contributed by atoms with van der Waals surface area (Å²) < 4.78 is 5.53. The Morgan fingerprint density at radius 1 is 1.36 bits per heavy atom. The lowest BCUT2D eigenvalue weighted by Gasteiger charge is -2.28. The highest BCUT2D eigenvalue weighted by Gasteiger charge is 2.29. The predicted octanol–water partition coefficient (Wildman–Crippen LogP) is 3.74. The zero-order chi connectivity index (χ0) is 28.2. The van der Waals surface area contributed by atoms with Gasteiger partial charge in [-0.2, -0.15) is 0 Å². The molecule has 1 aliphatic heterocycles. The normalized spacial score (nSPS) is 13.8. The molecule has 1 atom stereocenters. The first-order chi connectivity index (χ1) is 18.7. The van der Waals surface area contributed by atoms with Crippen LogP contribution < -0.4 is 20.7 Å². The molecule has 1 aromatic carbocycles. The minimum absolute atomic E-state index is 0.186. The molecule has 2 aromatic heterocycles. The zero-order valence-corrected chi connectivity index (χ0v) is 23.1. The van der Waals surface area contributed by atoms with E-state index in [1.54, 1.807) is 31.6 Å². The molecule has 1 aliphatic rings. The van der Waals surface area contributed by atoms with Crippen LogP contribution in [0.15, 0.2) is 49.3 Å². The molecule has 4 N–H and O–H groups in total. The second-order valence-electron chi connectivity index (χ2n) is 9.61. The van der Waals surface area contributed by atoms with E-state index in [9.17, 15) is 9.59 Å². The molecule has 0 saturated carbocycles. The van der Waals surface area contributed by atoms with Gasteiger partial charge in [0.15, 0.2) is 5.75 Å². The molecule has 3 heterocycles. The molecule has 0 unspecified atom stereocenters. The van der Waals surface area contributed by atoms with Crippen molar-refractivity contribution in [1.29, 1.82) is 0 Å². The van der Waals surface area contributed by atoms with Crippen LogP contribution in [0.25, 0.3) is 11.3 Å². The maximum absolute atomic E-state index is 13.0. The van der Waals surface area contributed by atoms with Gasteiger partial charge < -0.3 is 30.6 Å². The van der Waals surface area contributed by atoms with Crippen LogP contribution in [0.2, 0.25) is 5.02 Å². The van der Waals surface area contributed by atoms with E-state index in [2.05, 4.69) is 44.3 Å². The SMILES string of the molecule is C=CC(=O)N[C@](C)(C#Cc1cnccc1-c1[nH]c2c(c1Nc1cccc(Cl)c1OC)C(=O)NCC2)CN(C)C. The number of nitrogens with one attached hydrogen (secondary N) is 4. The first-order valence-corrected chi connectivity index (χ1v) is 12.7. The lowest BCUT2D eigenvalue weighted by atomic mass is 9.99. The first-order valence-electron chi connectivity index (χ1n) is 12.3. The Balaban J connectivity index is 1.86. The molecule has 0 saturated heterocycles. The molecule has 9 nitrogen and oxygen atoms in total. The van der Waals surface area contributed by atoms with E-state index in [-0.39, 0.29) is 11.8 Å². The number of likely N-dealkylation sites (N-methyl/N-ethyl adjacent to an activating group) is 1. The number of fused-ring (bicyclic) bond motifs is 1. The molecule has 202 valence electrons. The van der Waals surface area contributed by atoms with Crippen LogP contribution in [0.5, 0.6) is 5.75 Å². The van der Waals surface area contributed by atoms with Crippen LogP contribution in [0.4, 0.5) is 11.4 Å². The van der Waals surface area contributed by atoms with Crippen LogP contribution in [0.3, 0.4) is 0 Å². The van der Waals surface area contributed by atoms with Gasteiger partial charge in [-0.15, -0.1) is 0 Å². The fourth-order valence-electron chi connectivity index (χ4n) is 4.64. The number of halogens is 1. The molecule has 2 amide bonds. The number of benzene rings is 1. The monoisotopic (exact) mass is 546 g/mol. The Morgan fingerprint density at radius 3 is 2.87 bits per heavy atom. The number of rotatable bonds is 8. The minimum atomic E-state index is -0.855. The summed E-state index contributed by atoms with van der Waals surface area (Å²) in [5, 5.41) is 9.66. The molecular weight excluding hydrogens is 516 g/mol. The van der Waals surface area contributed by atoms with E-state index < -0.39 is 5.54 Å². The minimum Gasteiger partial charge on any atom is -0.493 e. The number of ether oxygens (including phenoxy) is 1. The van der Waals surface area contributed by atoms with Gasteiger partial charge in [-0.25, -0.2) is 0 Å². The molecular formula is C29H31ClN6O3. The number of hydrogen-bond acceptors (Lipinski definition) is 6. The van der Waals surface area contributed by atoms with Gasteiger partial charge in [0.05, 0.1) is 40.3 Å². The number of aromatic nitrogens is 2. The van der Waals surface area contributed by atoms with Crippen molar-refractivity contribution in [3.05, 3.63) is 71.2 Å². The number of H-pyrrole nitrogens is 1. The van der Waals surface area contributed by atoms with E-state index in [0.717, 1.165) is 11.3 Å². The Kier molecular flexibility index (Phi) is 8.29. The second-order valence-corrected chi connectivity index (χ2v) is 10.0. The summed E-state index contributed by atoms with van der Waals surface area (Å²) >= 11 is 6.37. The maximum Gasteiger partial charge on any atom is 0.255 e. The van der Waals surface area contributed by atoms with Crippen molar-refractivity contribution in [2.75, 3.05) is 39.6 Å². The highest BCUT2D eigenvalue weighted by atomic mass is 35.5. The van der Waals surface area contributed by atoms with Crippen molar-refractivity contribution in [3.63, 3.8) is 0 Å². The number of amides is 2. The first kappa shape index (κ1) is 27.8. The number of para-hydroxylation sites is 1. The van der Waals surface area contributed by atoms with Crippen molar-refractivity contribution in [2.24, 2.45) is 0 Å². The third-order valence-corrected chi connectivity index (χ3v) is 6.47. The van der Waals surface area contributed by atoms with Crippen molar-refractivity contribution in [3.8, 4) is 28.8 Å². The third kappa shape index (κ3) is 6.08. The molecule has 0 aliphatic carbocycles. The lowest BCUT2D eigenvalue weighted by molar-refractivity contribution is -0.117. The summed E-state index contributed by atoms with van der Waals surface area (Å²) in [5.74, 6) is 6.40. The summed E-state index contributed by atoms with van der Waals surface area (Å²) in [4.78, 5) is 34.8. The molecule has 0 bridgehead atoms. The van der Waals surface area contributed by atoms with Crippen molar-refractivity contribution < 1.29 is 14.3 Å². The van der Waals surface area contributed by atoms with Gasteiger partial charge in [-0.05, 0) is 45.3 Å². The summed E-state index contributed by atoms with van der Waals surface area (Å²) in [7, 11) is 5.36. The Morgan fingerprint density at radius 2 is 2.15 bits per heavy atom. The Hall–Kier alpha value is -4.26. The molecule has 39 heavy (non-hydrogen) atoms. The summed E-state index contributed by atoms with van der Waals surface area (Å²) in [6.07, 6.45) is 5.20. The van der Waals surface area contributed by atoms with E-state index in [4.69, 9.17) is 16.3 Å². The molecule has 0 fully saturated rings. The van der Waals surface area contributed by atoms with E-state index in [1.165, 1.54) is 6.08 Å². The summed E-state index contributed by atoms with van der Waals surface area (Å²) in [6.45, 7) is 6.41. The van der Waals surface area contributed by atoms with E-state index in [0.29, 0.717) is 58.5 Å². The fraction of sp³-hybridized carbons (Fsp3) is 0.276. The molecule has 4 rings (SSSR count). The van der Waals surface area contributed by atoms with Gasteiger partial charge in [0.2, 0.25) is 5.91 Å². The molecule has 3 aromatic rings. The van der Waals surface area contributed by atoms with Crippen LogP contribution in [0.1, 0.15) is 28.5 Å². The number of methoxy groups -OCH3 is 1. The summed E-state index contributed by atoms with van der Waals surface area (Å²) in [6, 6.07) is 7.21. The Labute approximate surface area is 233 Å². The topological polar surface area (TPSA) is 111 Å². The fourth-order valence-corrected chi connectivity index (χ4v) is 4.89. The standard InChI is InChI=1S/C29H31ClN6O3/c1-6-23(37)35-29(2,17-36(3)4)13-10-18-16-31-14-11-19(18)25-26(24-21(33-25)12-15-32-28(24)38)34-22-9-7-8-20(30)27(22)39-5/h6-9,11,14,16,33-34H,1,12,15,17H2,2-5H3,(H,32,38)(H,35,37)/t29-/m1/s1.